The average molecular weight is 272 g/mol. The van der Waals surface area contributed by atoms with Gasteiger partial charge in [0.25, 0.3) is 5.91 Å². The minimum absolute atomic E-state index is 0.0511. The smallest absolute Gasteiger partial charge is 0.257 e. The molecule has 4 heteroatoms. The molecule has 1 aromatic rings. The highest BCUT2D eigenvalue weighted by Crippen LogP contribution is 2.25. The van der Waals surface area contributed by atoms with Gasteiger partial charge >= 0.3 is 0 Å². The van der Waals surface area contributed by atoms with E-state index in [-0.39, 0.29) is 12.5 Å². The molecule has 0 unspecified atom stereocenters. The number of hydrogen-bond acceptors (Lipinski definition) is 2. The number of nitrogens with one attached hydrogen (secondary N) is 1. The highest BCUT2D eigenvalue weighted by molar-refractivity contribution is 9.10. The number of rotatable bonds is 4. The first-order valence-electron chi connectivity index (χ1n) is 4.79. The van der Waals surface area contributed by atoms with Gasteiger partial charge in [0.1, 0.15) is 5.75 Å². The molecule has 0 saturated carbocycles. The van der Waals surface area contributed by atoms with Gasteiger partial charge in [0.05, 0.1) is 4.47 Å². The van der Waals surface area contributed by atoms with E-state index < -0.39 is 0 Å². The Morgan fingerprint density at radius 3 is 2.87 bits per heavy atom. The maximum Gasteiger partial charge on any atom is 0.257 e. The summed E-state index contributed by atoms with van der Waals surface area (Å²) in [4.78, 5) is 11.1. The summed E-state index contributed by atoms with van der Waals surface area (Å²) in [5.41, 5.74) is 1.15. The van der Waals surface area contributed by atoms with Crippen LogP contribution in [0.2, 0.25) is 0 Å². The number of hydrogen-bond donors (Lipinski definition) is 1. The van der Waals surface area contributed by atoms with Crippen molar-refractivity contribution in [1.29, 1.82) is 0 Å². The molecule has 0 aliphatic carbocycles. The first-order chi connectivity index (χ1) is 7.13. The van der Waals surface area contributed by atoms with E-state index in [1.54, 1.807) is 0 Å². The third kappa shape index (κ3) is 3.91. The minimum atomic E-state index is -0.107. The van der Waals surface area contributed by atoms with Gasteiger partial charge < -0.3 is 10.1 Å². The number of benzene rings is 1. The zero-order chi connectivity index (χ0) is 11.3. The highest BCUT2D eigenvalue weighted by Gasteiger charge is 2.04. The third-order valence-corrected chi connectivity index (χ3v) is 2.44. The van der Waals surface area contributed by atoms with Crippen molar-refractivity contribution < 1.29 is 9.53 Å². The van der Waals surface area contributed by atoms with Gasteiger partial charge in [-0.25, -0.2) is 0 Å². The van der Waals surface area contributed by atoms with Crippen LogP contribution < -0.4 is 10.1 Å². The van der Waals surface area contributed by atoms with E-state index in [1.807, 2.05) is 32.0 Å². The van der Waals surface area contributed by atoms with Crippen LogP contribution in [0.3, 0.4) is 0 Å². The van der Waals surface area contributed by atoms with Gasteiger partial charge in [-0.2, -0.15) is 0 Å². The Morgan fingerprint density at radius 2 is 2.27 bits per heavy atom. The number of carbonyl (C=O) groups excluding carboxylic acids is 1. The van der Waals surface area contributed by atoms with Gasteiger partial charge in [0.15, 0.2) is 6.61 Å². The van der Waals surface area contributed by atoms with Crippen LogP contribution in [0.5, 0.6) is 5.75 Å². The Labute approximate surface area is 97.9 Å². The van der Waals surface area contributed by atoms with Crippen molar-refractivity contribution in [3.05, 3.63) is 28.2 Å². The van der Waals surface area contributed by atoms with Crippen LogP contribution in [-0.2, 0) is 4.79 Å². The zero-order valence-corrected chi connectivity index (χ0v) is 10.4. The van der Waals surface area contributed by atoms with Crippen molar-refractivity contribution in [2.45, 2.75) is 13.8 Å². The minimum Gasteiger partial charge on any atom is -0.483 e. The molecule has 0 aromatic heterocycles. The topological polar surface area (TPSA) is 38.3 Å². The maximum atomic E-state index is 11.1. The first-order valence-corrected chi connectivity index (χ1v) is 5.58. The summed E-state index contributed by atoms with van der Waals surface area (Å²) >= 11 is 3.38. The lowest BCUT2D eigenvalue weighted by molar-refractivity contribution is -0.122. The third-order valence-electron chi connectivity index (χ3n) is 1.82. The number of halogens is 1. The van der Waals surface area contributed by atoms with Crippen LogP contribution in [0.4, 0.5) is 0 Å². The fourth-order valence-electron chi connectivity index (χ4n) is 1.11. The van der Waals surface area contributed by atoms with Gasteiger partial charge in [-0.15, -0.1) is 0 Å². The lowest BCUT2D eigenvalue weighted by Crippen LogP contribution is -2.28. The summed E-state index contributed by atoms with van der Waals surface area (Å²) in [5.74, 6) is 0.580. The van der Waals surface area contributed by atoms with Crippen molar-refractivity contribution in [3.8, 4) is 5.75 Å². The molecule has 0 atom stereocenters. The van der Waals surface area contributed by atoms with E-state index >= 15 is 0 Å². The molecule has 0 fully saturated rings. The predicted octanol–water partition coefficient (Wildman–Crippen LogP) is 2.27. The van der Waals surface area contributed by atoms with Gasteiger partial charge in [-0.3, -0.25) is 4.79 Å². The van der Waals surface area contributed by atoms with E-state index in [2.05, 4.69) is 21.2 Å². The second-order valence-corrected chi connectivity index (χ2v) is 4.03. The Hall–Kier alpha value is -1.03. The van der Waals surface area contributed by atoms with E-state index in [0.29, 0.717) is 12.3 Å². The summed E-state index contributed by atoms with van der Waals surface area (Å²) in [6, 6.07) is 5.74. The Bertz CT molecular complexity index is 352. The molecule has 0 saturated heterocycles. The monoisotopic (exact) mass is 271 g/mol. The number of carbonyl (C=O) groups is 1. The van der Waals surface area contributed by atoms with Crippen molar-refractivity contribution in [2.75, 3.05) is 13.2 Å². The fourth-order valence-corrected chi connectivity index (χ4v) is 1.72. The van der Waals surface area contributed by atoms with Gasteiger partial charge in [-0.05, 0) is 47.5 Å². The van der Waals surface area contributed by atoms with Gasteiger partial charge in [0, 0.05) is 6.54 Å². The molecule has 1 N–H and O–H groups in total. The summed E-state index contributed by atoms with van der Waals surface area (Å²) in [7, 11) is 0. The van der Waals surface area contributed by atoms with Gasteiger partial charge in [0.2, 0.25) is 0 Å². The van der Waals surface area contributed by atoms with Crippen molar-refractivity contribution >= 4 is 21.8 Å². The SMILES string of the molecule is CCNC(=O)COc1ccc(C)cc1Br. The zero-order valence-electron chi connectivity index (χ0n) is 8.84. The molecular formula is C11H14BrNO2. The summed E-state index contributed by atoms with van der Waals surface area (Å²) < 4.78 is 6.21. The standard InChI is InChI=1S/C11H14BrNO2/c1-3-13-11(14)7-15-10-5-4-8(2)6-9(10)12/h4-6H,3,7H2,1-2H3,(H,13,14). The Kier molecular flexibility index (Phi) is 4.62. The Morgan fingerprint density at radius 1 is 1.53 bits per heavy atom. The summed E-state index contributed by atoms with van der Waals surface area (Å²) in [5, 5.41) is 2.67. The summed E-state index contributed by atoms with van der Waals surface area (Å²) in [6.45, 7) is 4.55. The molecule has 82 valence electrons. The second kappa shape index (κ2) is 5.75. The normalized spacial score (nSPS) is 9.80. The van der Waals surface area contributed by atoms with Crippen LogP contribution in [0.15, 0.2) is 22.7 Å². The molecular weight excluding hydrogens is 258 g/mol. The van der Waals surface area contributed by atoms with Crippen LogP contribution in [0.25, 0.3) is 0 Å². The Balaban J connectivity index is 2.54. The molecule has 0 aliphatic heterocycles. The van der Waals surface area contributed by atoms with Crippen LogP contribution in [0, 0.1) is 6.92 Å². The molecule has 0 spiro atoms. The number of likely N-dealkylation sites (N-methyl/N-ethyl adjacent to an activating group) is 1. The molecule has 0 radical (unpaired) electrons. The molecule has 0 aliphatic rings. The molecule has 1 aromatic carbocycles. The maximum absolute atomic E-state index is 11.1. The predicted molar refractivity (Wildman–Crippen MR) is 63.1 cm³/mol. The molecule has 1 rings (SSSR count). The van der Waals surface area contributed by atoms with Crippen LogP contribution >= 0.6 is 15.9 Å². The fraction of sp³-hybridized carbons (Fsp3) is 0.364. The van der Waals surface area contributed by atoms with Crippen molar-refractivity contribution in [3.63, 3.8) is 0 Å². The lowest BCUT2D eigenvalue weighted by Gasteiger charge is -2.08. The van der Waals surface area contributed by atoms with Crippen LogP contribution in [0.1, 0.15) is 12.5 Å². The molecule has 15 heavy (non-hydrogen) atoms. The largest absolute Gasteiger partial charge is 0.483 e. The lowest BCUT2D eigenvalue weighted by atomic mass is 10.2. The van der Waals surface area contributed by atoms with E-state index in [9.17, 15) is 4.79 Å². The van der Waals surface area contributed by atoms with Crippen LogP contribution in [-0.4, -0.2) is 19.1 Å². The molecule has 0 heterocycles. The van der Waals surface area contributed by atoms with E-state index in [4.69, 9.17) is 4.74 Å². The summed E-state index contributed by atoms with van der Waals surface area (Å²) in [6.07, 6.45) is 0. The quantitative estimate of drug-likeness (QED) is 0.913. The van der Waals surface area contributed by atoms with E-state index in [0.717, 1.165) is 10.0 Å². The highest BCUT2D eigenvalue weighted by atomic mass is 79.9. The number of ether oxygens (including phenoxy) is 1. The second-order valence-electron chi connectivity index (χ2n) is 3.18. The van der Waals surface area contributed by atoms with Crippen molar-refractivity contribution in [2.24, 2.45) is 0 Å². The van der Waals surface area contributed by atoms with E-state index in [1.165, 1.54) is 0 Å². The first kappa shape index (κ1) is 12.0. The molecule has 1 amide bonds. The number of aryl methyl sites for hydroxylation is 1. The number of amides is 1. The van der Waals surface area contributed by atoms with Gasteiger partial charge in [-0.1, -0.05) is 6.07 Å². The molecule has 3 nitrogen and oxygen atoms in total. The van der Waals surface area contributed by atoms with Crippen molar-refractivity contribution in [1.82, 2.24) is 5.32 Å². The average Bonchev–Trinajstić information content (AvgIpc) is 2.17. The molecule has 0 bridgehead atoms.